The average Bonchev–Trinajstić information content (AvgIpc) is 2.55. The highest BCUT2D eigenvalue weighted by molar-refractivity contribution is 6.21. The van der Waals surface area contributed by atoms with Crippen molar-refractivity contribution in [1.29, 1.82) is 5.41 Å². The van der Waals surface area contributed by atoms with Crippen molar-refractivity contribution in [3.63, 3.8) is 0 Å². The molecule has 0 amide bonds. The summed E-state index contributed by atoms with van der Waals surface area (Å²) in [6.45, 7) is 3.84. The molecule has 0 saturated heterocycles. The second-order valence-electron chi connectivity index (χ2n) is 6.25. The fraction of sp³-hybridized carbons (Fsp3) is 0.300. The average molecular weight is 309 g/mol. The Morgan fingerprint density at radius 1 is 1.00 bits per heavy atom. The third-order valence-corrected chi connectivity index (χ3v) is 4.11. The van der Waals surface area contributed by atoms with Crippen molar-refractivity contribution in [2.24, 2.45) is 5.92 Å². The Labute approximate surface area is 137 Å². The smallest absolute Gasteiger partial charge is 0.349 e. The molecule has 3 nitrogen and oxygen atoms in total. The van der Waals surface area contributed by atoms with Gasteiger partial charge in [0.25, 0.3) is 0 Å². The Hall–Kier alpha value is -2.42. The van der Waals surface area contributed by atoms with Gasteiger partial charge in [0.2, 0.25) is 0 Å². The van der Waals surface area contributed by atoms with Crippen LogP contribution >= 0.6 is 0 Å². The molecule has 2 aromatic rings. The van der Waals surface area contributed by atoms with Gasteiger partial charge in [0, 0.05) is 5.92 Å². The molecule has 1 N–H and O–H groups in total. The number of nitrogens with one attached hydrogen (secondary N) is 1. The second kappa shape index (κ2) is 7.73. The lowest BCUT2D eigenvalue weighted by atomic mass is 9.81. The number of ether oxygens (including phenoxy) is 1. The molecule has 0 aliphatic rings. The van der Waals surface area contributed by atoms with Gasteiger partial charge in [-0.15, -0.1) is 0 Å². The minimum atomic E-state index is -0.652. The van der Waals surface area contributed by atoms with E-state index in [0.717, 1.165) is 19.1 Å². The van der Waals surface area contributed by atoms with Crippen molar-refractivity contribution >= 4 is 12.2 Å². The lowest BCUT2D eigenvalue weighted by Gasteiger charge is -2.34. The zero-order valence-electron chi connectivity index (χ0n) is 13.7. The molecule has 3 heteroatoms. The fourth-order valence-electron chi connectivity index (χ4n) is 2.73. The Morgan fingerprint density at radius 2 is 1.43 bits per heavy atom. The van der Waals surface area contributed by atoms with Gasteiger partial charge in [0.15, 0.2) is 0 Å². The maximum Gasteiger partial charge on any atom is 0.349 e. The van der Waals surface area contributed by atoms with Crippen molar-refractivity contribution in [3.05, 3.63) is 71.8 Å². The minimum Gasteiger partial charge on any atom is -0.455 e. The predicted molar refractivity (Wildman–Crippen MR) is 92.7 cm³/mol. The largest absolute Gasteiger partial charge is 0.455 e. The SMILES string of the molecule is CC(C)(OC(=O)C=N)C(Cc1ccccc1)Cc1ccccc1. The van der Waals surface area contributed by atoms with Crippen LogP contribution in [0.25, 0.3) is 0 Å². The summed E-state index contributed by atoms with van der Waals surface area (Å²) in [5.41, 5.74) is 1.78. The zero-order chi connectivity index (χ0) is 16.7. The summed E-state index contributed by atoms with van der Waals surface area (Å²) in [6, 6.07) is 20.4. The Balaban J connectivity index is 2.22. The van der Waals surface area contributed by atoms with Gasteiger partial charge in [-0.05, 0) is 37.8 Å². The second-order valence-corrected chi connectivity index (χ2v) is 6.25. The number of carbonyl (C=O) groups is 1. The van der Waals surface area contributed by atoms with Gasteiger partial charge in [0.05, 0.1) is 0 Å². The van der Waals surface area contributed by atoms with Crippen LogP contribution < -0.4 is 0 Å². The molecule has 0 saturated carbocycles. The highest BCUT2D eigenvalue weighted by atomic mass is 16.6. The fourth-order valence-corrected chi connectivity index (χ4v) is 2.73. The minimum absolute atomic E-state index is 0.121. The molecule has 0 aromatic heterocycles. The van der Waals surface area contributed by atoms with Gasteiger partial charge in [-0.2, -0.15) is 0 Å². The standard InChI is InChI=1S/C20H23NO2/c1-20(2,23-19(22)15-21)18(13-16-9-5-3-6-10-16)14-17-11-7-4-8-12-17/h3-12,15,18,21H,13-14H2,1-2H3. The van der Waals surface area contributed by atoms with E-state index in [0.29, 0.717) is 0 Å². The monoisotopic (exact) mass is 309 g/mol. The maximum absolute atomic E-state index is 11.6. The Morgan fingerprint density at radius 3 is 1.83 bits per heavy atom. The van der Waals surface area contributed by atoms with Crippen molar-refractivity contribution in [2.75, 3.05) is 0 Å². The van der Waals surface area contributed by atoms with Gasteiger partial charge in [-0.3, -0.25) is 0 Å². The van der Waals surface area contributed by atoms with E-state index < -0.39 is 11.6 Å². The van der Waals surface area contributed by atoms with Gasteiger partial charge in [0.1, 0.15) is 11.8 Å². The van der Waals surface area contributed by atoms with Crippen LogP contribution in [0.15, 0.2) is 60.7 Å². The first-order valence-corrected chi connectivity index (χ1v) is 7.82. The summed E-state index contributed by atoms with van der Waals surface area (Å²) in [5, 5.41) is 7.07. The molecular formula is C20H23NO2. The molecule has 0 fully saturated rings. The van der Waals surface area contributed by atoms with Crippen LogP contribution in [0.3, 0.4) is 0 Å². The van der Waals surface area contributed by atoms with E-state index in [1.807, 2.05) is 50.2 Å². The summed E-state index contributed by atoms with van der Waals surface area (Å²) in [7, 11) is 0. The lowest BCUT2D eigenvalue weighted by Crippen LogP contribution is -2.39. The summed E-state index contributed by atoms with van der Waals surface area (Å²) in [6.07, 6.45) is 2.35. The van der Waals surface area contributed by atoms with Crippen LogP contribution in [0.2, 0.25) is 0 Å². The zero-order valence-corrected chi connectivity index (χ0v) is 13.7. The molecule has 0 unspecified atom stereocenters. The van der Waals surface area contributed by atoms with Gasteiger partial charge >= 0.3 is 5.97 Å². The van der Waals surface area contributed by atoms with Gasteiger partial charge < -0.3 is 10.1 Å². The van der Waals surface area contributed by atoms with Crippen molar-refractivity contribution in [3.8, 4) is 0 Å². The highest BCUT2D eigenvalue weighted by Gasteiger charge is 2.33. The van der Waals surface area contributed by atoms with Crippen LogP contribution in [0, 0.1) is 11.3 Å². The maximum atomic E-state index is 11.6. The number of carbonyl (C=O) groups excluding carboxylic acids is 1. The Kier molecular flexibility index (Phi) is 5.69. The van der Waals surface area contributed by atoms with Crippen LogP contribution in [0.1, 0.15) is 25.0 Å². The summed E-state index contributed by atoms with van der Waals surface area (Å²) < 4.78 is 5.51. The summed E-state index contributed by atoms with van der Waals surface area (Å²) >= 11 is 0. The molecule has 2 rings (SSSR count). The first-order valence-electron chi connectivity index (χ1n) is 7.82. The van der Waals surface area contributed by atoms with E-state index in [1.54, 1.807) is 0 Å². The third-order valence-electron chi connectivity index (χ3n) is 4.11. The van der Waals surface area contributed by atoms with E-state index in [4.69, 9.17) is 10.1 Å². The molecule has 0 heterocycles. The van der Waals surface area contributed by atoms with Gasteiger partial charge in [-0.25, -0.2) is 4.79 Å². The highest BCUT2D eigenvalue weighted by Crippen LogP contribution is 2.29. The number of hydrogen-bond donors (Lipinski definition) is 1. The van der Waals surface area contributed by atoms with Gasteiger partial charge in [-0.1, -0.05) is 60.7 Å². The van der Waals surface area contributed by atoms with Crippen LogP contribution in [-0.2, 0) is 22.4 Å². The normalized spacial score (nSPS) is 11.3. The van der Waals surface area contributed by atoms with Crippen molar-refractivity contribution in [2.45, 2.75) is 32.3 Å². The number of rotatable bonds is 7. The summed E-state index contributed by atoms with van der Waals surface area (Å²) in [4.78, 5) is 11.6. The van der Waals surface area contributed by atoms with Crippen molar-refractivity contribution in [1.82, 2.24) is 0 Å². The lowest BCUT2D eigenvalue weighted by molar-refractivity contribution is -0.152. The topological polar surface area (TPSA) is 50.2 Å². The van der Waals surface area contributed by atoms with Crippen LogP contribution in [-0.4, -0.2) is 17.8 Å². The first-order chi connectivity index (χ1) is 11.0. The molecule has 23 heavy (non-hydrogen) atoms. The molecule has 0 atom stereocenters. The van der Waals surface area contributed by atoms with E-state index in [1.165, 1.54) is 11.1 Å². The number of hydrogen-bond acceptors (Lipinski definition) is 3. The molecule has 2 aromatic carbocycles. The van der Waals surface area contributed by atoms with E-state index >= 15 is 0 Å². The van der Waals surface area contributed by atoms with Crippen molar-refractivity contribution < 1.29 is 9.53 Å². The molecule has 0 spiro atoms. The molecule has 120 valence electrons. The van der Waals surface area contributed by atoms with E-state index in [-0.39, 0.29) is 5.92 Å². The van der Waals surface area contributed by atoms with E-state index in [9.17, 15) is 4.79 Å². The summed E-state index contributed by atoms with van der Waals surface area (Å²) in [5.74, 6) is -0.475. The third kappa shape index (κ3) is 5.06. The van der Waals surface area contributed by atoms with Crippen LogP contribution in [0.4, 0.5) is 0 Å². The quantitative estimate of drug-likeness (QED) is 0.619. The number of esters is 1. The molecule has 0 bridgehead atoms. The first kappa shape index (κ1) is 16.9. The molecule has 0 radical (unpaired) electrons. The Bertz CT molecular complexity index is 594. The predicted octanol–water partition coefficient (Wildman–Crippen LogP) is 4.06. The van der Waals surface area contributed by atoms with E-state index in [2.05, 4.69) is 24.3 Å². The molecular weight excluding hydrogens is 286 g/mol. The molecule has 0 aliphatic heterocycles. The molecule has 0 aliphatic carbocycles. The number of benzene rings is 2. The van der Waals surface area contributed by atoms with Crippen LogP contribution in [0.5, 0.6) is 0 Å².